The second kappa shape index (κ2) is 6.58. The molecule has 0 bridgehead atoms. The van der Waals surface area contributed by atoms with Crippen LogP contribution in [0.1, 0.15) is 18.4 Å². The van der Waals surface area contributed by atoms with Gasteiger partial charge in [0, 0.05) is 12.8 Å². The lowest BCUT2D eigenvalue weighted by Crippen LogP contribution is -2.38. The lowest BCUT2D eigenvalue weighted by atomic mass is 10.1. The molecule has 1 heterocycles. The first-order valence-electron chi connectivity index (χ1n) is 6.61. The molecule has 1 unspecified atom stereocenters. The molecule has 1 aliphatic heterocycles. The van der Waals surface area contributed by atoms with Gasteiger partial charge in [-0.1, -0.05) is 6.07 Å². The molecule has 0 aliphatic carbocycles. The number of aromatic hydroxyl groups is 2. The van der Waals surface area contributed by atoms with Gasteiger partial charge >= 0.3 is 5.97 Å². The summed E-state index contributed by atoms with van der Waals surface area (Å²) in [6, 6.07) is 3.57. The van der Waals surface area contributed by atoms with E-state index in [0.717, 1.165) is 0 Å². The number of rotatable bonds is 4. The largest absolute Gasteiger partial charge is 0.504 e. The van der Waals surface area contributed by atoms with E-state index in [4.69, 9.17) is 15.2 Å². The van der Waals surface area contributed by atoms with Crippen LogP contribution in [0.2, 0.25) is 0 Å². The zero-order valence-electron chi connectivity index (χ0n) is 11.1. The number of hydrogen-bond acceptors (Lipinski definition) is 6. The molecule has 0 radical (unpaired) electrons. The molecule has 0 amide bonds. The second-order valence-corrected chi connectivity index (χ2v) is 4.88. The topological polar surface area (TPSA) is 102 Å². The van der Waals surface area contributed by atoms with Crippen molar-refractivity contribution in [3.8, 4) is 11.5 Å². The molecule has 0 saturated carbocycles. The molecule has 20 heavy (non-hydrogen) atoms. The summed E-state index contributed by atoms with van der Waals surface area (Å²) in [7, 11) is 0. The summed E-state index contributed by atoms with van der Waals surface area (Å²) in [5.74, 6) is -0.885. The molecular weight excluding hydrogens is 262 g/mol. The van der Waals surface area contributed by atoms with Crippen molar-refractivity contribution in [3.05, 3.63) is 23.8 Å². The maximum Gasteiger partial charge on any atom is 0.323 e. The van der Waals surface area contributed by atoms with Crippen LogP contribution < -0.4 is 5.73 Å². The van der Waals surface area contributed by atoms with Gasteiger partial charge in [0.25, 0.3) is 0 Å². The third-order valence-corrected chi connectivity index (χ3v) is 3.25. The molecule has 6 heteroatoms. The van der Waals surface area contributed by atoms with Gasteiger partial charge in [0.05, 0.1) is 13.2 Å². The van der Waals surface area contributed by atoms with Gasteiger partial charge in [-0.25, -0.2) is 0 Å². The minimum absolute atomic E-state index is 0.129. The molecule has 1 aromatic carbocycles. The van der Waals surface area contributed by atoms with Crippen LogP contribution in [0.25, 0.3) is 0 Å². The summed E-state index contributed by atoms with van der Waals surface area (Å²) in [5, 5.41) is 18.6. The summed E-state index contributed by atoms with van der Waals surface area (Å²) < 4.78 is 10.5. The van der Waals surface area contributed by atoms with Gasteiger partial charge < -0.3 is 25.4 Å². The number of carbonyl (C=O) groups is 1. The fraction of sp³-hybridized carbons (Fsp3) is 0.500. The highest BCUT2D eigenvalue weighted by atomic mass is 16.6. The van der Waals surface area contributed by atoms with Crippen molar-refractivity contribution in [2.45, 2.75) is 31.4 Å². The van der Waals surface area contributed by atoms with E-state index in [2.05, 4.69) is 0 Å². The van der Waals surface area contributed by atoms with Crippen molar-refractivity contribution in [1.29, 1.82) is 0 Å². The Balaban J connectivity index is 1.88. The van der Waals surface area contributed by atoms with Crippen LogP contribution in [-0.4, -0.2) is 41.5 Å². The molecular formula is C14H19NO5. The van der Waals surface area contributed by atoms with Crippen LogP contribution in [0, 0.1) is 0 Å². The summed E-state index contributed by atoms with van der Waals surface area (Å²) in [6.07, 6.45) is 1.50. The molecule has 4 N–H and O–H groups in total. The molecule has 1 atom stereocenters. The Morgan fingerprint density at radius 1 is 1.35 bits per heavy atom. The summed E-state index contributed by atoms with van der Waals surface area (Å²) in [5.41, 5.74) is 6.47. The number of hydrogen-bond donors (Lipinski definition) is 3. The minimum atomic E-state index is -0.790. The highest BCUT2D eigenvalue weighted by Crippen LogP contribution is 2.25. The van der Waals surface area contributed by atoms with Crippen LogP contribution in [-0.2, 0) is 20.7 Å². The predicted molar refractivity (Wildman–Crippen MR) is 71.4 cm³/mol. The van der Waals surface area contributed by atoms with Crippen molar-refractivity contribution in [2.75, 3.05) is 13.2 Å². The molecule has 1 fully saturated rings. The SMILES string of the molecule is NC(Cc1ccc(O)c(O)c1)C(=O)OC1CCOCC1. The van der Waals surface area contributed by atoms with E-state index < -0.39 is 12.0 Å². The molecule has 2 rings (SSSR count). The van der Waals surface area contributed by atoms with E-state index in [9.17, 15) is 15.0 Å². The van der Waals surface area contributed by atoms with Crippen LogP contribution in [0.15, 0.2) is 18.2 Å². The summed E-state index contributed by atoms with van der Waals surface area (Å²) in [6.45, 7) is 1.19. The third kappa shape index (κ3) is 3.85. The lowest BCUT2D eigenvalue weighted by molar-refractivity contribution is -0.154. The number of phenols is 2. The van der Waals surface area contributed by atoms with Crippen molar-refractivity contribution >= 4 is 5.97 Å². The quantitative estimate of drug-likeness (QED) is 0.554. The first kappa shape index (κ1) is 14.6. The first-order valence-corrected chi connectivity index (χ1v) is 6.61. The maximum absolute atomic E-state index is 11.9. The minimum Gasteiger partial charge on any atom is -0.504 e. The first-order chi connectivity index (χ1) is 9.56. The van der Waals surface area contributed by atoms with Gasteiger partial charge in [0.15, 0.2) is 11.5 Å². The Kier molecular flexibility index (Phi) is 4.81. The van der Waals surface area contributed by atoms with E-state index in [1.165, 1.54) is 12.1 Å². The Morgan fingerprint density at radius 2 is 2.05 bits per heavy atom. The van der Waals surface area contributed by atoms with Crippen molar-refractivity contribution in [1.82, 2.24) is 0 Å². The van der Waals surface area contributed by atoms with Crippen LogP contribution >= 0.6 is 0 Å². The van der Waals surface area contributed by atoms with E-state index in [1.807, 2.05) is 0 Å². The molecule has 1 aliphatic rings. The van der Waals surface area contributed by atoms with Crippen molar-refractivity contribution in [3.63, 3.8) is 0 Å². The lowest BCUT2D eigenvalue weighted by Gasteiger charge is -2.23. The van der Waals surface area contributed by atoms with Gasteiger partial charge in [-0.05, 0) is 24.1 Å². The van der Waals surface area contributed by atoms with Gasteiger partial charge in [0.1, 0.15) is 12.1 Å². The third-order valence-electron chi connectivity index (χ3n) is 3.25. The van der Waals surface area contributed by atoms with E-state index in [0.29, 0.717) is 31.6 Å². The molecule has 0 aromatic heterocycles. The average Bonchev–Trinajstić information content (AvgIpc) is 2.44. The summed E-state index contributed by atoms with van der Waals surface area (Å²) >= 11 is 0. The maximum atomic E-state index is 11.9. The molecule has 110 valence electrons. The smallest absolute Gasteiger partial charge is 0.323 e. The Labute approximate surface area is 117 Å². The summed E-state index contributed by atoms with van der Waals surface area (Å²) in [4.78, 5) is 11.9. The van der Waals surface area contributed by atoms with E-state index in [-0.39, 0.29) is 24.0 Å². The monoisotopic (exact) mass is 281 g/mol. The zero-order valence-corrected chi connectivity index (χ0v) is 11.1. The number of esters is 1. The van der Waals surface area contributed by atoms with Gasteiger partial charge in [0.2, 0.25) is 0 Å². The van der Waals surface area contributed by atoms with Crippen LogP contribution in [0.3, 0.4) is 0 Å². The predicted octanol–water partition coefficient (Wildman–Crippen LogP) is 0.690. The average molecular weight is 281 g/mol. The zero-order chi connectivity index (χ0) is 14.5. The fourth-order valence-electron chi connectivity index (χ4n) is 2.08. The number of benzene rings is 1. The molecule has 1 saturated heterocycles. The van der Waals surface area contributed by atoms with Gasteiger partial charge in [-0.3, -0.25) is 4.79 Å². The Morgan fingerprint density at radius 3 is 2.70 bits per heavy atom. The Hall–Kier alpha value is -1.79. The molecule has 0 spiro atoms. The highest BCUT2D eigenvalue weighted by Gasteiger charge is 2.22. The van der Waals surface area contributed by atoms with Gasteiger partial charge in [-0.2, -0.15) is 0 Å². The number of nitrogens with two attached hydrogens (primary N) is 1. The van der Waals surface area contributed by atoms with Crippen LogP contribution in [0.5, 0.6) is 11.5 Å². The number of carbonyl (C=O) groups excluding carboxylic acids is 1. The van der Waals surface area contributed by atoms with Crippen molar-refractivity contribution < 1.29 is 24.5 Å². The number of phenolic OH excluding ortho intramolecular Hbond substituents is 2. The van der Waals surface area contributed by atoms with Gasteiger partial charge in [-0.15, -0.1) is 0 Å². The fourth-order valence-corrected chi connectivity index (χ4v) is 2.08. The number of ether oxygens (including phenoxy) is 2. The standard InChI is InChI=1S/C14H19NO5/c15-11(7-9-1-2-12(16)13(17)8-9)14(18)20-10-3-5-19-6-4-10/h1-2,8,10-11,16-17H,3-7,15H2. The molecule has 1 aromatic rings. The highest BCUT2D eigenvalue weighted by molar-refractivity contribution is 5.76. The van der Waals surface area contributed by atoms with E-state index in [1.54, 1.807) is 6.07 Å². The van der Waals surface area contributed by atoms with Crippen molar-refractivity contribution in [2.24, 2.45) is 5.73 Å². The normalized spacial score (nSPS) is 17.6. The van der Waals surface area contributed by atoms with Crippen LogP contribution in [0.4, 0.5) is 0 Å². The second-order valence-electron chi connectivity index (χ2n) is 4.88. The molecule has 6 nitrogen and oxygen atoms in total. The van der Waals surface area contributed by atoms with E-state index >= 15 is 0 Å². The Bertz CT molecular complexity index is 471.